The zero-order chi connectivity index (χ0) is 10.9. The second kappa shape index (κ2) is 3.74. The van der Waals surface area contributed by atoms with Gasteiger partial charge in [0.25, 0.3) is 0 Å². The predicted octanol–water partition coefficient (Wildman–Crippen LogP) is 1.62. The Morgan fingerprint density at radius 3 is 2.60 bits per heavy atom. The highest BCUT2D eigenvalue weighted by atomic mass is 16.3. The van der Waals surface area contributed by atoms with Gasteiger partial charge in [0.05, 0.1) is 5.60 Å². The average molecular weight is 206 g/mol. The summed E-state index contributed by atoms with van der Waals surface area (Å²) in [6.07, 6.45) is 1.64. The maximum atomic E-state index is 9.84. The van der Waals surface area contributed by atoms with Gasteiger partial charge in [-0.3, -0.25) is 0 Å². The predicted molar refractivity (Wildman–Crippen MR) is 62.9 cm³/mol. The molecule has 82 valence electrons. The highest BCUT2D eigenvalue weighted by Crippen LogP contribution is 2.26. The fourth-order valence-electron chi connectivity index (χ4n) is 1.97. The molecule has 1 aliphatic rings. The monoisotopic (exact) mass is 206 g/mol. The van der Waals surface area contributed by atoms with E-state index in [2.05, 4.69) is 11.0 Å². The van der Waals surface area contributed by atoms with Crippen LogP contribution in [0.4, 0.5) is 11.4 Å². The van der Waals surface area contributed by atoms with Crippen molar-refractivity contribution in [3.05, 3.63) is 24.3 Å². The minimum Gasteiger partial charge on any atom is -0.399 e. The van der Waals surface area contributed by atoms with Crippen LogP contribution in [0.15, 0.2) is 24.3 Å². The van der Waals surface area contributed by atoms with Gasteiger partial charge in [-0.05, 0) is 38.0 Å². The van der Waals surface area contributed by atoms with E-state index in [1.807, 2.05) is 25.1 Å². The number of benzene rings is 1. The molecule has 1 aromatic carbocycles. The number of nitrogens with zero attached hydrogens (tertiary/aromatic N) is 1. The first-order valence-corrected chi connectivity index (χ1v) is 5.40. The molecule has 3 nitrogen and oxygen atoms in total. The third-order valence-corrected chi connectivity index (χ3v) is 3.08. The smallest absolute Gasteiger partial charge is 0.0653 e. The second-order valence-electron chi connectivity index (χ2n) is 4.58. The van der Waals surface area contributed by atoms with Crippen molar-refractivity contribution in [2.75, 3.05) is 23.7 Å². The van der Waals surface area contributed by atoms with Crippen LogP contribution in [0, 0.1) is 0 Å². The number of nitrogen functional groups attached to an aromatic ring is 1. The van der Waals surface area contributed by atoms with Crippen LogP contribution in [0.3, 0.4) is 0 Å². The Bertz CT molecular complexity index is 339. The number of rotatable bonds is 1. The summed E-state index contributed by atoms with van der Waals surface area (Å²) in [5.74, 6) is 0. The lowest BCUT2D eigenvalue weighted by Crippen LogP contribution is -2.42. The van der Waals surface area contributed by atoms with Crippen molar-refractivity contribution < 1.29 is 5.11 Å². The molecule has 1 aliphatic heterocycles. The van der Waals surface area contributed by atoms with E-state index < -0.39 is 5.60 Å². The molecule has 0 radical (unpaired) electrons. The molecule has 2 rings (SSSR count). The summed E-state index contributed by atoms with van der Waals surface area (Å²) < 4.78 is 0. The third kappa shape index (κ3) is 2.42. The van der Waals surface area contributed by atoms with E-state index in [0.717, 1.165) is 37.3 Å². The molecule has 1 saturated heterocycles. The Labute approximate surface area is 90.5 Å². The summed E-state index contributed by atoms with van der Waals surface area (Å²) in [4.78, 5) is 2.27. The number of anilines is 2. The van der Waals surface area contributed by atoms with Crippen molar-refractivity contribution >= 4 is 11.4 Å². The fraction of sp³-hybridized carbons (Fsp3) is 0.500. The number of hydrogen-bond donors (Lipinski definition) is 2. The summed E-state index contributed by atoms with van der Waals surface area (Å²) in [6, 6.07) is 7.91. The second-order valence-corrected chi connectivity index (χ2v) is 4.58. The lowest BCUT2D eigenvalue weighted by atomic mass is 9.93. The Kier molecular flexibility index (Phi) is 2.57. The standard InChI is InChI=1S/C12H18N2O/c1-12(15)5-7-14(8-6-12)11-4-2-3-10(13)9-11/h2-4,9,15H,5-8,13H2,1H3. The van der Waals surface area contributed by atoms with Crippen molar-refractivity contribution in [1.82, 2.24) is 0 Å². The molecule has 0 amide bonds. The van der Waals surface area contributed by atoms with Crippen LogP contribution in [-0.4, -0.2) is 23.8 Å². The highest BCUT2D eigenvalue weighted by molar-refractivity contribution is 5.56. The molecule has 0 saturated carbocycles. The molecule has 0 aromatic heterocycles. The molecule has 1 heterocycles. The van der Waals surface area contributed by atoms with E-state index in [0.29, 0.717) is 0 Å². The lowest BCUT2D eigenvalue weighted by Gasteiger charge is -2.37. The van der Waals surface area contributed by atoms with Crippen LogP contribution >= 0.6 is 0 Å². The van der Waals surface area contributed by atoms with Crippen molar-refractivity contribution in [3.8, 4) is 0 Å². The number of piperidine rings is 1. The Balaban J connectivity index is 2.08. The SMILES string of the molecule is CC1(O)CCN(c2cccc(N)c2)CC1. The molecule has 0 unspecified atom stereocenters. The van der Waals surface area contributed by atoms with Gasteiger partial charge in [-0.15, -0.1) is 0 Å². The zero-order valence-corrected chi connectivity index (χ0v) is 9.11. The summed E-state index contributed by atoms with van der Waals surface area (Å²) in [6.45, 7) is 3.70. The Morgan fingerprint density at radius 2 is 2.00 bits per heavy atom. The summed E-state index contributed by atoms with van der Waals surface area (Å²) in [5.41, 5.74) is 7.21. The van der Waals surface area contributed by atoms with E-state index in [4.69, 9.17) is 5.73 Å². The van der Waals surface area contributed by atoms with Crippen LogP contribution in [0.2, 0.25) is 0 Å². The molecule has 0 bridgehead atoms. The summed E-state index contributed by atoms with van der Waals surface area (Å²) >= 11 is 0. The Hall–Kier alpha value is -1.22. The maximum absolute atomic E-state index is 9.84. The van der Waals surface area contributed by atoms with Crippen molar-refractivity contribution in [2.45, 2.75) is 25.4 Å². The van der Waals surface area contributed by atoms with Gasteiger partial charge in [0.15, 0.2) is 0 Å². The van der Waals surface area contributed by atoms with Crippen LogP contribution in [0.5, 0.6) is 0 Å². The molecule has 3 N–H and O–H groups in total. The van der Waals surface area contributed by atoms with Gasteiger partial charge in [-0.2, -0.15) is 0 Å². The lowest BCUT2D eigenvalue weighted by molar-refractivity contribution is 0.0351. The first kappa shape index (κ1) is 10.3. The van der Waals surface area contributed by atoms with Gasteiger partial charge in [0.1, 0.15) is 0 Å². The maximum Gasteiger partial charge on any atom is 0.0653 e. The Morgan fingerprint density at radius 1 is 1.33 bits per heavy atom. The van der Waals surface area contributed by atoms with Crippen molar-refractivity contribution in [3.63, 3.8) is 0 Å². The van der Waals surface area contributed by atoms with E-state index in [1.165, 1.54) is 0 Å². The van der Waals surface area contributed by atoms with E-state index in [1.54, 1.807) is 0 Å². The zero-order valence-electron chi connectivity index (χ0n) is 9.11. The van der Waals surface area contributed by atoms with Gasteiger partial charge in [-0.1, -0.05) is 6.07 Å². The van der Waals surface area contributed by atoms with E-state index in [9.17, 15) is 5.11 Å². The van der Waals surface area contributed by atoms with Crippen molar-refractivity contribution in [1.29, 1.82) is 0 Å². The summed E-state index contributed by atoms with van der Waals surface area (Å²) in [7, 11) is 0. The van der Waals surface area contributed by atoms with Gasteiger partial charge in [0, 0.05) is 24.5 Å². The van der Waals surface area contributed by atoms with Crippen LogP contribution in [0.25, 0.3) is 0 Å². The normalized spacial score (nSPS) is 20.3. The van der Waals surface area contributed by atoms with Gasteiger partial charge in [0.2, 0.25) is 0 Å². The summed E-state index contributed by atoms with van der Waals surface area (Å²) in [5, 5.41) is 9.84. The molecule has 0 aliphatic carbocycles. The number of aliphatic hydroxyl groups is 1. The van der Waals surface area contributed by atoms with Crippen molar-refractivity contribution in [2.24, 2.45) is 0 Å². The largest absolute Gasteiger partial charge is 0.399 e. The minimum atomic E-state index is -0.489. The molecular weight excluding hydrogens is 188 g/mol. The minimum absolute atomic E-state index is 0.489. The highest BCUT2D eigenvalue weighted by Gasteiger charge is 2.27. The molecule has 1 fully saturated rings. The fourth-order valence-corrected chi connectivity index (χ4v) is 1.97. The van der Waals surface area contributed by atoms with Crippen LogP contribution < -0.4 is 10.6 Å². The van der Waals surface area contributed by atoms with E-state index in [-0.39, 0.29) is 0 Å². The number of nitrogens with two attached hydrogens (primary N) is 1. The van der Waals surface area contributed by atoms with Crippen LogP contribution in [-0.2, 0) is 0 Å². The molecule has 0 atom stereocenters. The first-order valence-electron chi connectivity index (χ1n) is 5.40. The van der Waals surface area contributed by atoms with Gasteiger partial charge >= 0.3 is 0 Å². The van der Waals surface area contributed by atoms with E-state index >= 15 is 0 Å². The topological polar surface area (TPSA) is 49.5 Å². The number of hydrogen-bond acceptors (Lipinski definition) is 3. The molecule has 0 spiro atoms. The average Bonchev–Trinajstić information content (AvgIpc) is 2.17. The van der Waals surface area contributed by atoms with Crippen LogP contribution in [0.1, 0.15) is 19.8 Å². The molecular formula is C12H18N2O. The molecule has 3 heteroatoms. The molecule has 15 heavy (non-hydrogen) atoms. The quantitative estimate of drug-likeness (QED) is 0.686. The molecule has 1 aromatic rings. The first-order chi connectivity index (χ1) is 7.07. The third-order valence-electron chi connectivity index (χ3n) is 3.08. The van der Waals surface area contributed by atoms with Gasteiger partial charge < -0.3 is 15.7 Å². The van der Waals surface area contributed by atoms with Gasteiger partial charge in [-0.25, -0.2) is 0 Å².